The number of hydrogen-bond acceptors (Lipinski definition) is 5. The third-order valence-corrected chi connectivity index (χ3v) is 6.24. The van der Waals surface area contributed by atoms with Gasteiger partial charge in [0.2, 0.25) is 0 Å². The van der Waals surface area contributed by atoms with Crippen molar-refractivity contribution in [1.29, 1.82) is 0 Å². The molecule has 0 bridgehead atoms. The van der Waals surface area contributed by atoms with Crippen molar-refractivity contribution in [2.45, 2.75) is 44.8 Å². The van der Waals surface area contributed by atoms with E-state index in [0.29, 0.717) is 13.0 Å². The van der Waals surface area contributed by atoms with Gasteiger partial charge in [0, 0.05) is 12.6 Å². The molecule has 2 atom stereocenters. The highest BCUT2D eigenvalue weighted by Gasteiger charge is 2.31. The van der Waals surface area contributed by atoms with Crippen LogP contribution in [-0.2, 0) is 15.3 Å². The van der Waals surface area contributed by atoms with Crippen LogP contribution in [0.4, 0.5) is 0 Å². The van der Waals surface area contributed by atoms with Crippen LogP contribution in [0.25, 0.3) is 0 Å². The summed E-state index contributed by atoms with van der Waals surface area (Å²) in [5.41, 5.74) is 1.33. The van der Waals surface area contributed by atoms with Crippen LogP contribution in [0.15, 0.2) is 24.3 Å². The predicted octanol–water partition coefficient (Wildman–Crippen LogP) is 1.84. The lowest BCUT2D eigenvalue weighted by Crippen LogP contribution is -2.40. The highest BCUT2D eigenvalue weighted by Crippen LogP contribution is 2.24. The fraction of sp³-hybridized carbons (Fsp3) is 0.667. The van der Waals surface area contributed by atoms with Crippen molar-refractivity contribution in [2.24, 2.45) is 0 Å². The van der Waals surface area contributed by atoms with Crippen molar-refractivity contribution in [3.05, 3.63) is 29.8 Å². The molecule has 1 fully saturated rings. The summed E-state index contributed by atoms with van der Waals surface area (Å²) in [6, 6.07) is 7.91. The van der Waals surface area contributed by atoms with Gasteiger partial charge in [-0.25, -0.2) is 8.42 Å². The van der Waals surface area contributed by atoms with Gasteiger partial charge in [-0.1, -0.05) is 32.9 Å². The molecule has 5 nitrogen and oxygen atoms in total. The summed E-state index contributed by atoms with van der Waals surface area (Å²) in [6.45, 7) is 7.07. The summed E-state index contributed by atoms with van der Waals surface area (Å²) in [7, 11) is -1.05. The lowest BCUT2D eigenvalue weighted by atomic mass is 9.87. The Morgan fingerprint density at radius 1 is 1.29 bits per heavy atom. The average Bonchev–Trinajstić information content (AvgIpc) is 2.85. The molecule has 1 saturated heterocycles. The van der Waals surface area contributed by atoms with Gasteiger partial charge in [0.25, 0.3) is 0 Å². The molecule has 1 aromatic carbocycles. The first-order valence-electron chi connectivity index (χ1n) is 8.39. The number of nitrogens with zero attached hydrogens (tertiary/aromatic N) is 1. The van der Waals surface area contributed by atoms with E-state index in [9.17, 15) is 13.5 Å². The second-order valence-electron chi connectivity index (χ2n) is 7.74. The van der Waals surface area contributed by atoms with Gasteiger partial charge in [-0.15, -0.1) is 0 Å². The quantitative estimate of drug-likeness (QED) is 0.843. The molecule has 0 aliphatic carbocycles. The number of aliphatic hydroxyl groups is 1. The average molecular weight is 356 g/mol. The number of likely N-dealkylation sites (N-methyl/N-ethyl adjacent to an activating group) is 1. The van der Waals surface area contributed by atoms with E-state index in [1.807, 2.05) is 36.2 Å². The van der Waals surface area contributed by atoms with Crippen LogP contribution in [0.1, 0.15) is 32.8 Å². The SMILES string of the molecule is CN(CC(O)COc1ccc(C(C)(C)C)cc1)C1CCS(=O)(=O)C1. The van der Waals surface area contributed by atoms with E-state index in [0.717, 1.165) is 5.75 Å². The van der Waals surface area contributed by atoms with Crippen molar-refractivity contribution in [3.8, 4) is 5.75 Å². The molecule has 0 radical (unpaired) electrons. The summed E-state index contributed by atoms with van der Waals surface area (Å²) < 4.78 is 28.7. The zero-order chi connectivity index (χ0) is 18.0. The minimum absolute atomic E-state index is 0.00396. The van der Waals surface area contributed by atoms with Crippen molar-refractivity contribution in [1.82, 2.24) is 4.90 Å². The molecule has 1 aromatic rings. The maximum Gasteiger partial charge on any atom is 0.151 e. The Morgan fingerprint density at radius 3 is 2.42 bits per heavy atom. The summed E-state index contributed by atoms with van der Waals surface area (Å²) in [5.74, 6) is 1.16. The van der Waals surface area contributed by atoms with Gasteiger partial charge in [-0.3, -0.25) is 4.90 Å². The number of ether oxygens (including phenoxy) is 1. The number of hydrogen-bond donors (Lipinski definition) is 1. The first-order valence-corrected chi connectivity index (χ1v) is 10.2. The highest BCUT2D eigenvalue weighted by molar-refractivity contribution is 7.91. The van der Waals surface area contributed by atoms with Crippen molar-refractivity contribution < 1.29 is 18.3 Å². The first kappa shape index (κ1) is 19.2. The highest BCUT2D eigenvalue weighted by atomic mass is 32.2. The van der Waals surface area contributed by atoms with E-state index in [1.165, 1.54) is 5.56 Å². The number of rotatable bonds is 6. The van der Waals surface area contributed by atoms with E-state index in [-0.39, 0.29) is 29.6 Å². The Morgan fingerprint density at radius 2 is 1.92 bits per heavy atom. The minimum atomic E-state index is -2.90. The van der Waals surface area contributed by atoms with Crippen molar-refractivity contribution in [2.75, 3.05) is 31.7 Å². The fourth-order valence-electron chi connectivity index (χ4n) is 2.90. The molecule has 0 aromatic heterocycles. The van der Waals surface area contributed by atoms with Crippen LogP contribution in [0.5, 0.6) is 5.75 Å². The summed E-state index contributed by atoms with van der Waals surface area (Å²) in [6.07, 6.45) is -0.0127. The molecule has 0 spiro atoms. The molecule has 2 rings (SSSR count). The van der Waals surface area contributed by atoms with Crippen LogP contribution >= 0.6 is 0 Å². The molecule has 2 unspecified atom stereocenters. The lowest BCUT2D eigenvalue weighted by molar-refractivity contribution is 0.0664. The first-order chi connectivity index (χ1) is 11.1. The largest absolute Gasteiger partial charge is 0.491 e. The Bertz CT molecular complexity index is 634. The molecular weight excluding hydrogens is 326 g/mol. The molecule has 0 amide bonds. The molecule has 0 saturated carbocycles. The maximum atomic E-state index is 11.5. The van der Waals surface area contributed by atoms with Crippen molar-refractivity contribution >= 4 is 9.84 Å². The topological polar surface area (TPSA) is 66.8 Å². The Labute approximate surface area is 145 Å². The van der Waals surface area contributed by atoms with Gasteiger partial charge in [0.1, 0.15) is 18.5 Å². The molecule has 6 heteroatoms. The van der Waals surface area contributed by atoms with E-state index in [2.05, 4.69) is 20.8 Å². The van der Waals surface area contributed by atoms with Gasteiger partial charge < -0.3 is 9.84 Å². The summed E-state index contributed by atoms with van der Waals surface area (Å²) >= 11 is 0. The van der Waals surface area contributed by atoms with E-state index in [4.69, 9.17) is 4.74 Å². The molecule has 1 aliphatic rings. The number of benzene rings is 1. The van der Waals surface area contributed by atoms with Gasteiger partial charge in [-0.05, 0) is 36.6 Å². The minimum Gasteiger partial charge on any atom is -0.491 e. The zero-order valence-corrected chi connectivity index (χ0v) is 15.8. The van der Waals surface area contributed by atoms with E-state index < -0.39 is 15.9 Å². The summed E-state index contributed by atoms with van der Waals surface area (Å²) in [5, 5.41) is 10.1. The van der Waals surface area contributed by atoms with Crippen LogP contribution < -0.4 is 4.74 Å². The smallest absolute Gasteiger partial charge is 0.151 e. The Balaban J connectivity index is 1.79. The van der Waals surface area contributed by atoms with E-state index >= 15 is 0 Å². The van der Waals surface area contributed by atoms with Crippen LogP contribution in [0, 0.1) is 0 Å². The summed E-state index contributed by atoms with van der Waals surface area (Å²) in [4.78, 5) is 1.92. The van der Waals surface area contributed by atoms with Crippen LogP contribution in [0.2, 0.25) is 0 Å². The molecule has 1 N–H and O–H groups in total. The van der Waals surface area contributed by atoms with E-state index in [1.54, 1.807) is 0 Å². The molecule has 136 valence electrons. The van der Waals surface area contributed by atoms with Gasteiger partial charge in [0.15, 0.2) is 9.84 Å². The Kier molecular flexibility index (Phi) is 5.94. The third-order valence-electron chi connectivity index (χ3n) is 4.49. The molecular formula is C18H29NO4S. The Hall–Kier alpha value is -1.11. The number of aliphatic hydroxyl groups excluding tert-OH is 1. The van der Waals surface area contributed by atoms with Crippen molar-refractivity contribution in [3.63, 3.8) is 0 Å². The standard InChI is InChI=1S/C18H29NO4S/c1-18(2,3)14-5-7-17(8-6-14)23-12-16(20)11-19(4)15-9-10-24(21,22)13-15/h5-8,15-16,20H,9-13H2,1-4H3. The van der Waals surface area contributed by atoms with Gasteiger partial charge in [-0.2, -0.15) is 0 Å². The second-order valence-corrected chi connectivity index (χ2v) is 9.96. The number of sulfone groups is 1. The fourth-order valence-corrected chi connectivity index (χ4v) is 4.71. The van der Waals surface area contributed by atoms with Gasteiger partial charge >= 0.3 is 0 Å². The molecule has 1 aliphatic heterocycles. The normalized spacial score (nSPS) is 21.8. The lowest BCUT2D eigenvalue weighted by Gasteiger charge is -2.25. The maximum absolute atomic E-state index is 11.5. The monoisotopic (exact) mass is 355 g/mol. The van der Waals surface area contributed by atoms with Crippen LogP contribution in [-0.4, -0.2) is 62.3 Å². The van der Waals surface area contributed by atoms with Crippen LogP contribution in [0.3, 0.4) is 0 Å². The third kappa shape index (κ3) is 5.46. The van der Waals surface area contributed by atoms with Gasteiger partial charge in [0.05, 0.1) is 11.5 Å². The molecule has 24 heavy (non-hydrogen) atoms. The zero-order valence-electron chi connectivity index (χ0n) is 15.0. The molecule has 1 heterocycles. The second kappa shape index (κ2) is 7.42. The predicted molar refractivity (Wildman–Crippen MR) is 96.3 cm³/mol.